The molecule has 1 rings (SSSR count). The van der Waals surface area contributed by atoms with E-state index >= 15 is 0 Å². The van der Waals surface area contributed by atoms with Crippen molar-refractivity contribution in [2.75, 3.05) is 0 Å². The molecule has 1 heterocycles. The molecule has 0 radical (unpaired) electrons. The number of hydrogen-bond donors (Lipinski definition) is 2. The van der Waals surface area contributed by atoms with Gasteiger partial charge < -0.3 is 10.4 Å². The smallest absolute Gasteiger partial charge is 0.220 e. The van der Waals surface area contributed by atoms with Crippen molar-refractivity contribution in [3.8, 4) is 0 Å². The Morgan fingerprint density at radius 3 is 2.88 bits per heavy atom. The highest BCUT2D eigenvalue weighted by Gasteiger charge is 2.07. The van der Waals surface area contributed by atoms with Gasteiger partial charge in [-0.25, -0.2) is 0 Å². The molecule has 0 saturated heterocycles. The molecule has 1 unspecified atom stereocenters. The van der Waals surface area contributed by atoms with Crippen molar-refractivity contribution in [1.29, 1.82) is 0 Å². The molecule has 1 aromatic heterocycles. The van der Waals surface area contributed by atoms with E-state index in [1.807, 2.05) is 14.0 Å². The van der Waals surface area contributed by atoms with E-state index in [0.717, 1.165) is 11.3 Å². The van der Waals surface area contributed by atoms with Gasteiger partial charge in [-0.3, -0.25) is 9.48 Å². The van der Waals surface area contributed by atoms with Crippen molar-refractivity contribution in [2.24, 2.45) is 7.05 Å². The first-order valence-electron chi connectivity index (χ1n) is 5.43. The Bertz CT molecular complexity index is 358. The molecule has 90 valence electrons. The lowest BCUT2D eigenvalue weighted by Gasteiger charge is -2.06. The van der Waals surface area contributed by atoms with Crippen LogP contribution in [0.2, 0.25) is 0 Å². The maximum absolute atomic E-state index is 11.4. The second-order valence-electron chi connectivity index (χ2n) is 4.04. The summed E-state index contributed by atoms with van der Waals surface area (Å²) in [4.78, 5) is 11.4. The van der Waals surface area contributed by atoms with Gasteiger partial charge in [-0.05, 0) is 20.3 Å². The molecule has 2 N–H and O–H groups in total. The Kier molecular flexibility index (Phi) is 4.49. The number of aliphatic hydroxyl groups is 1. The van der Waals surface area contributed by atoms with Crippen LogP contribution < -0.4 is 5.32 Å². The summed E-state index contributed by atoms with van der Waals surface area (Å²) in [5.74, 6) is -0.0378. The van der Waals surface area contributed by atoms with Crippen LogP contribution in [0.3, 0.4) is 0 Å². The number of hydrogen-bond acceptors (Lipinski definition) is 3. The molecule has 0 aliphatic rings. The number of nitrogens with one attached hydrogen (secondary N) is 1. The first kappa shape index (κ1) is 12.7. The highest BCUT2D eigenvalue weighted by molar-refractivity contribution is 5.75. The summed E-state index contributed by atoms with van der Waals surface area (Å²) in [6.07, 6.45) is 2.19. The lowest BCUT2D eigenvalue weighted by atomic mass is 10.2. The minimum Gasteiger partial charge on any atom is -0.393 e. The summed E-state index contributed by atoms with van der Waals surface area (Å²) < 4.78 is 1.78. The van der Waals surface area contributed by atoms with Crippen molar-refractivity contribution in [2.45, 2.75) is 39.3 Å². The monoisotopic (exact) mass is 225 g/mol. The van der Waals surface area contributed by atoms with E-state index in [-0.39, 0.29) is 5.91 Å². The summed E-state index contributed by atoms with van der Waals surface area (Å²) in [6, 6.07) is 0. The van der Waals surface area contributed by atoms with Crippen LogP contribution in [-0.4, -0.2) is 26.9 Å². The summed E-state index contributed by atoms with van der Waals surface area (Å²) >= 11 is 0. The van der Waals surface area contributed by atoms with Gasteiger partial charge in [0.1, 0.15) is 0 Å². The first-order valence-corrected chi connectivity index (χ1v) is 5.43. The topological polar surface area (TPSA) is 67.2 Å². The molecular weight excluding hydrogens is 206 g/mol. The summed E-state index contributed by atoms with van der Waals surface area (Å²) in [5, 5.41) is 15.9. The molecule has 1 aromatic rings. The lowest BCUT2D eigenvalue weighted by molar-refractivity contribution is -0.121. The van der Waals surface area contributed by atoms with Gasteiger partial charge in [-0.1, -0.05) is 0 Å². The van der Waals surface area contributed by atoms with Crippen LogP contribution in [0.25, 0.3) is 0 Å². The zero-order valence-electron chi connectivity index (χ0n) is 10.0. The molecule has 1 atom stereocenters. The Balaban J connectivity index is 2.34. The van der Waals surface area contributed by atoms with Crippen LogP contribution in [0.1, 0.15) is 31.0 Å². The molecule has 0 aliphatic heterocycles. The second kappa shape index (κ2) is 5.65. The van der Waals surface area contributed by atoms with E-state index in [0.29, 0.717) is 19.4 Å². The molecule has 5 heteroatoms. The third-order valence-electron chi connectivity index (χ3n) is 2.60. The zero-order valence-corrected chi connectivity index (χ0v) is 10.0. The molecular formula is C11H19N3O2. The second-order valence-corrected chi connectivity index (χ2v) is 4.04. The summed E-state index contributed by atoms with van der Waals surface area (Å²) in [6.45, 7) is 4.14. The van der Waals surface area contributed by atoms with Crippen molar-refractivity contribution in [3.63, 3.8) is 0 Å². The van der Waals surface area contributed by atoms with E-state index in [1.54, 1.807) is 17.8 Å². The summed E-state index contributed by atoms with van der Waals surface area (Å²) in [5.41, 5.74) is 2.07. The quantitative estimate of drug-likeness (QED) is 0.767. The van der Waals surface area contributed by atoms with Crippen LogP contribution in [0.15, 0.2) is 6.20 Å². The Morgan fingerprint density at radius 1 is 1.69 bits per heavy atom. The van der Waals surface area contributed by atoms with E-state index in [9.17, 15) is 4.79 Å². The number of carbonyl (C=O) groups excluding carboxylic acids is 1. The van der Waals surface area contributed by atoms with Gasteiger partial charge in [-0.15, -0.1) is 0 Å². The number of aliphatic hydroxyl groups excluding tert-OH is 1. The first-order chi connectivity index (χ1) is 7.50. The third kappa shape index (κ3) is 3.66. The van der Waals surface area contributed by atoms with Crippen LogP contribution in [0.4, 0.5) is 0 Å². The van der Waals surface area contributed by atoms with Crippen molar-refractivity contribution >= 4 is 5.91 Å². The Morgan fingerprint density at radius 2 is 2.38 bits per heavy atom. The molecule has 0 aliphatic carbocycles. The number of nitrogens with zero attached hydrogens (tertiary/aromatic N) is 2. The minimum absolute atomic E-state index is 0.0378. The van der Waals surface area contributed by atoms with E-state index < -0.39 is 6.10 Å². The van der Waals surface area contributed by atoms with Crippen molar-refractivity contribution in [1.82, 2.24) is 15.1 Å². The van der Waals surface area contributed by atoms with Gasteiger partial charge in [0.05, 0.1) is 12.3 Å². The normalized spacial score (nSPS) is 12.5. The average Bonchev–Trinajstić information content (AvgIpc) is 2.54. The van der Waals surface area contributed by atoms with Crippen LogP contribution in [-0.2, 0) is 18.4 Å². The van der Waals surface area contributed by atoms with Gasteiger partial charge in [0.15, 0.2) is 0 Å². The standard InChI is InChI=1S/C11H19N3O2/c1-8(15)4-5-11(16)12-6-10-7-13-14(3)9(10)2/h7-8,15H,4-6H2,1-3H3,(H,12,16). The molecule has 0 spiro atoms. The predicted molar refractivity (Wildman–Crippen MR) is 60.7 cm³/mol. The van der Waals surface area contributed by atoms with Crippen molar-refractivity contribution < 1.29 is 9.90 Å². The van der Waals surface area contributed by atoms with Gasteiger partial charge in [0.25, 0.3) is 0 Å². The predicted octanol–water partition coefficient (Wildman–Crippen LogP) is 0.506. The van der Waals surface area contributed by atoms with Gasteiger partial charge in [-0.2, -0.15) is 5.10 Å². The summed E-state index contributed by atoms with van der Waals surface area (Å²) in [7, 11) is 1.87. The molecule has 5 nitrogen and oxygen atoms in total. The molecule has 0 fully saturated rings. The van der Waals surface area contributed by atoms with E-state index in [2.05, 4.69) is 10.4 Å². The molecule has 0 saturated carbocycles. The largest absolute Gasteiger partial charge is 0.393 e. The van der Waals surface area contributed by atoms with E-state index in [4.69, 9.17) is 5.11 Å². The number of aryl methyl sites for hydroxylation is 1. The number of carbonyl (C=O) groups is 1. The number of amides is 1. The third-order valence-corrected chi connectivity index (χ3v) is 2.60. The fourth-order valence-corrected chi connectivity index (χ4v) is 1.34. The fourth-order valence-electron chi connectivity index (χ4n) is 1.34. The van der Waals surface area contributed by atoms with Gasteiger partial charge in [0, 0.05) is 31.3 Å². The Hall–Kier alpha value is -1.36. The highest BCUT2D eigenvalue weighted by Crippen LogP contribution is 2.05. The van der Waals surface area contributed by atoms with Gasteiger partial charge in [0.2, 0.25) is 5.91 Å². The zero-order chi connectivity index (χ0) is 12.1. The lowest BCUT2D eigenvalue weighted by Crippen LogP contribution is -2.23. The van der Waals surface area contributed by atoms with Gasteiger partial charge >= 0.3 is 0 Å². The molecule has 16 heavy (non-hydrogen) atoms. The number of aromatic nitrogens is 2. The van der Waals surface area contributed by atoms with E-state index in [1.165, 1.54) is 0 Å². The molecule has 1 amide bonds. The van der Waals surface area contributed by atoms with Crippen LogP contribution in [0.5, 0.6) is 0 Å². The SMILES string of the molecule is Cc1c(CNC(=O)CCC(C)O)cnn1C. The fraction of sp³-hybridized carbons (Fsp3) is 0.636. The maximum atomic E-state index is 11.4. The Labute approximate surface area is 95.5 Å². The van der Waals surface area contributed by atoms with Crippen molar-refractivity contribution in [3.05, 3.63) is 17.5 Å². The maximum Gasteiger partial charge on any atom is 0.220 e. The van der Waals surface area contributed by atoms with Crippen LogP contribution >= 0.6 is 0 Å². The van der Waals surface area contributed by atoms with Crippen LogP contribution in [0, 0.1) is 6.92 Å². The average molecular weight is 225 g/mol. The number of rotatable bonds is 5. The minimum atomic E-state index is -0.425. The highest BCUT2D eigenvalue weighted by atomic mass is 16.3. The molecule has 0 bridgehead atoms. The molecule has 0 aromatic carbocycles.